The van der Waals surface area contributed by atoms with Crippen molar-refractivity contribution in [1.29, 1.82) is 0 Å². The largest absolute Gasteiger partial charge is 0.396 e. The number of aliphatic hydroxyl groups excluding tert-OH is 1. The molecule has 104 valence electrons. The highest BCUT2D eigenvalue weighted by Gasteiger charge is 2.34. The van der Waals surface area contributed by atoms with E-state index in [4.69, 9.17) is 4.74 Å². The standard InChI is InChI=1S/C14H25NO3/c1-11-7-12(8-18-11)13(17)15-9-14(10-16)5-3-2-4-6-14/h11-12,16H,2-10H2,1H3,(H,15,17). The second kappa shape index (κ2) is 6.02. The Kier molecular flexibility index (Phi) is 4.62. The molecule has 2 N–H and O–H groups in total. The van der Waals surface area contributed by atoms with E-state index in [9.17, 15) is 9.90 Å². The Hall–Kier alpha value is -0.610. The molecule has 0 aromatic rings. The first-order valence-corrected chi connectivity index (χ1v) is 7.15. The number of carbonyl (C=O) groups excluding carboxylic acids is 1. The Morgan fingerprint density at radius 1 is 1.39 bits per heavy atom. The highest BCUT2D eigenvalue weighted by molar-refractivity contribution is 5.79. The van der Waals surface area contributed by atoms with Crippen LogP contribution in [0.5, 0.6) is 0 Å². The van der Waals surface area contributed by atoms with Crippen LogP contribution in [0.15, 0.2) is 0 Å². The summed E-state index contributed by atoms with van der Waals surface area (Å²) in [7, 11) is 0. The highest BCUT2D eigenvalue weighted by Crippen LogP contribution is 2.35. The minimum atomic E-state index is -0.0704. The quantitative estimate of drug-likeness (QED) is 0.800. The van der Waals surface area contributed by atoms with Gasteiger partial charge in [0.25, 0.3) is 0 Å². The monoisotopic (exact) mass is 255 g/mol. The Labute approximate surface area is 109 Å². The third kappa shape index (κ3) is 3.23. The zero-order chi connectivity index (χ0) is 13.0. The summed E-state index contributed by atoms with van der Waals surface area (Å²) in [5.74, 6) is 0.0945. The maximum absolute atomic E-state index is 12.0. The van der Waals surface area contributed by atoms with Gasteiger partial charge in [-0.05, 0) is 26.2 Å². The Morgan fingerprint density at radius 3 is 2.67 bits per heavy atom. The third-order valence-corrected chi connectivity index (χ3v) is 4.46. The van der Waals surface area contributed by atoms with Crippen LogP contribution in [-0.2, 0) is 9.53 Å². The molecule has 1 heterocycles. The van der Waals surface area contributed by atoms with Crippen molar-refractivity contribution in [3.8, 4) is 0 Å². The normalized spacial score (nSPS) is 31.2. The van der Waals surface area contributed by atoms with Crippen molar-refractivity contribution >= 4 is 5.91 Å². The second-order valence-electron chi connectivity index (χ2n) is 6.01. The summed E-state index contributed by atoms with van der Waals surface area (Å²) < 4.78 is 5.42. The highest BCUT2D eigenvalue weighted by atomic mass is 16.5. The van der Waals surface area contributed by atoms with Crippen LogP contribution in [0.2, 0.25) is 0 Å². The van der Waals surface area contributed by atoms with Gasteiger partial charge < -0.3 is 15.2 Å². The summed E-state index contributed by atoms with van der Waals surface area (Å²) >= 11 is 0. The first kappa shape index (κ1) is 13.8. The van der Waals surface area contributed by atoms with Gasteiger partial charge in [-0.2, -0.15) is 0 Å². The Bertz CT molecular complexity index is 287. The van der Waals surface area contributed by atoms with E-state index in [2.05, 4.69) is 5.32 Å². The lowest BCUT2D eigenvalue weighted by Crippen LogP contribution is -2.43. The maximum Gasteiger partial charge on any atom is 0.225 e. The number of hydrogen-bond acceptors (Lipinski definition) is 3. The van der Waals surface area contributed by atoms with Crippen molar-refractivity contribution in [3.05, 3.63) is 0 Å². The predicted molar refractivity (Wildman–Crippen MR) is 69.1 cm³/mol. The van der Waals surface area contributed by atoms with E-state index in [1.165, 1.54) is 19.3 Å². The molecular formula is C14H25NO3. The van der Waals surface area contributed by atoms with E-state index in [0.717, 1.165) is 19.3 Å². The van der Waals surface area contributed by atoms with Gasteiger partial charge in [-0.3, -0.25) is 4.79 Å². The van der Waals surface area contributed by atoms with Gasteiger partial charge in [0.1, 0.15) is 0 Å². The molecule has 1 aliphatic carbocycles. The molecule has 2 fully saturated rings. The molecule has 18 heavy (non-hydrogen) atoms. The molecule has 2 unspecified atom stereocenters. The Balaban J connectivity index is 1.80. The second-order valence-corrected chi connectivity index (χ2v) is 6.01. The zero-order valence-electron chi connectivity index (χ0n) is 11.3. The van der Waals surface area contributed by atoms with Crippen LogP contribution in [0.4, 0.5) is 0 Å². The SMILES string of the molecule is CC1CC(C(=O)NCC2(CO)CCCCC2)CO1. The topological polar surface area (TPSA) is 58.6 Å². The van der Waals surface area contributed by atoms with E-state index >= 15 is 0 Å². The summed E-state index contributed by atoms with van der Waals surface area (Å²) in [4.78, 5) is 12.0. The molecule has 0 bridgehead atoms. The average Bonchev–Trinajstić information content (AvgIpc) is 2.84. The fourth-order valence-electron chi connectivity index (χ4n) is 3.11. The van der Waals surface area contributed by atoms with Gasteiger partial charge in [-0.15, -0.1) is 0 Å². The van der Waals surface area contributed by atoms with Crippen LogP contribution >= 0.6 is 0 Å². The summed E-state index contributed by atoms with van der Waals surface area (Å²) in [6.45, 7) is 3.35. The summed E-state index contributed by atoms with van der Waals surface area (Å²) in [5, 5.41) is 12.6. The molecule has 1 amide bonds. The van der Waals surface area contributed by atoms with Gasteiger partial charge in [-0.1, -0.05) is 19.3 Å². The molecule has 1 aliphatic heterocycles. The van der Waals surface area contributed by atoms with Crippen LogP contribution in [0.3, 0.4) is 0 Å². The predicted octanol–water partition coefficient (Wildman–Crippen LogP) is 1.47. The first-order valence-electron chi connectivity index (χ1n) is 7.15. The van der Waals surface area contributed by atoms with Crippen LogP contribution in [0.1, 0.15) is 45.4 Å². The zero-order valence-corrected chi connectivity index (χ0v) is 11.3. The molecule has 1 saturated heterocycles. The van der Waals surface area contributed by atoms with Gasteiger partial charge >= 0.3 is 0 Å². The molecule has 0 spiro atoms. The van der Waals surface area contributed by atoms with Gasteiger partial charge in [-0.25, -0.2) is 0 Å². The average molecular weight is 255 g/mol. The number of aliphatic hydroxyl groups is 1. The fraction of sp³-hybridized carbons (Fsp3) is 0.929. The first-order chi connectivity index (χ1) is 8.65. The minimum absolute atomic E-state index is 0.000617. The van der Waals surface area contributed by atoms with E-state index < -0.39 is 0 Å². The van der Waals surface area contributed by atoms with Crippen LogP contribution in [0.25, 0.3) is 0 Å². The van der Waals surface area contributed by atoms with Crippen molar-refractivity contribution in [1.82, 2.24) is 5.32 Å². The molecule has 2 rings (SSSR count). The molecule has 0 radical (unpaired) electrons. The van der Waals surface area contributed by atoms with Crippen molar-refractivity contribution in [3.63, 3.8) is 0 Å². The molecule has 0 aromatic carbocycles. The van der Waals surface area contributed by atoms with Crippen molar-refractivity contribution in [2.24, 2.45) is 11.3 Å². The summed E-state index contributed by atoms with van der Waals surface area (Å²) in [5.41, 5.74) is -0.0704. The summed E-state index contributed by atoms with van der Waals surface area (Å²) in [6.07, 6.45) is 6.66. The number of rotatable bonds is 4. The van der Waals surface area contributed by atoms with E-state index in [-0.39, 0.29) is 30.0 Å². The van der Waals surface area contributed by atoms with Gasteiger partial charge in [0.05, 0.1) is 25.2 Å². The number of ether oxygens (including phenoxy) is 1. The lowest BCUT2D eigenvalue weighted by Gasteiger charge is -2.35. The van der Waals surface area contributed by atoms with E-state index in [1.54, 1.807) is 0 Å². The van der Waals surface area contributed by atoms with Crippen LogP contribution in [0, 0.1) is 11.3 Å². The minimum Gasteiger partial charge on any atom is -0.396 e. The van der Waals surface area contributed by atoms with Crippen molar-refractivity contribution < 1.29 is 14.6 Å². The molecular weight excluding hydrogens is 230 g/mol. The lowest BCUT2D eigenvalue weighted by atomic mass is 9.74. The van der Waals surface area contributed by atoms with Gasteiger partial charge in [0, 0.05) is 12.0 Å². The summed E-state index contributed by atoms with van der Waals surface area (Å²) in [6, 6.07) is 0. The molecule has 4 heteroatoms. The van der Waals surface area contributed by atoms with Gasteiger partial charge in [0.2, 0.25) is 5.91 Å². The molecule has 4 nitrogen and oxygen atoms in total. The Morgan fingerprint density at radius 2 is 2.11 bits per heavy atom. The van der Waals surface area contributed by atoms with Gasteiger partial charge in [0.15, 0.2) is 0 Å². The molecule has 2 atom stereocenters. The lowest BCUT2D eigenvalue weighted by molar-refractivity contribution is -0.125. The maximum atomic E-state index is 12.0. The van der Waals surface area contributed by atoms with Crippen LogP contribution < -0.4 is 5.32 Å². The smallest absolute Gasteiger partial charge is 0.225 e. The number of hydrogen-bond donors (Lipinski definition) is 2. The van der Waals surface area contributed by atoms with Crippen LogP contribution in [-0.4, -0.2) is 36.9 Å². The number of amides is 1. The molecule has 2 aliphatic rings. The van der Waals surface area contributed by atoms with E-state index in [0.29, 0.717) is 13.2 Å². The molecule has 1 saturated carbocycles. The number of nitrogens with one attached hydrogen (secondary N) is 1. The number of carbonyl (C=O) groups is 1. The third-order valence-electron chi connectivity index (χ3n) is 4.46. The van der Waals surface area contributed by atoms with E-state index in [1.807, 2.05) is 6.92 Å². The molecule has 0 aromatic heterocycles. The fourth-order valence-corrected chi connectivity index (χ4v) is 3.11. The van der Waals surface area contributed by atoms with Crippen molar-refractivity contribution in [2.75, 3.05) is 19.8 Å². The van der Waals surface area contributed by atoms with Crippen molar-refractivity contribution in [2.45, 2.75) is 51.6 Å².